The van der Waals surface area contributed by atoms with Gasteiger partial charge in [0.05, 0.1) is 0 Å². The van der Waals surface area contributed by atoms with Crippen molar-refractivity contribution in [1.29, 1.82) is 0 Å². The summed E-state index contributed by atoms with van der Waals surface area (Å²) in [5.74, 6) is -3.58. The van der Waals surface area contributed by atoms with Gasteiger partial charge in [-0.15, -0.1) is 0 Å². The van der Waals surface area contributed by atoms with E-state index >= 15 is 0 Å². The zero-order valence-corrected chi connectivity index (χ0v) is 13.2. The van der Waals surface area contributed by atoms with E-state index in [2.05, 4.69) is 10.6 Å². The molecular weight excluding hydrogens is 316 g/mol. The largest absolute Gasteiger partial charge is 0.481 e. The Bertz CT molecular complexity index is 602. The fourth-order valence-electron chi connectivity index (χ4n) is 2.10. The van der Waals surface area contributed by atoms with Gasteiger partial charge in [-0.3, -0.25) is 14.4 Å². The van der Waals surface area contributed by atoms with Crippen LogP contribution in [0.3, 0.4) is 0 Å². The predicted octanol–water partition coefficient (Wildman–Crippen LogP) is 0.168. The average molecular weight is 336 g/mol. The van der Waals surface area contributed by atoms with Crippen molar-refractivity contribution in [3.63, 3.8) is 0 Å². The molecule has 0 heterocycles. The monoisotopic (exact) mass is 336 g/mol. The molecule has 8 nitrogen and oxygen atoms in total. The maximum atomic E-state index is 12.3. The lowest BCUT2D eigenvalue weighted by Gasteiger charge is -2.21. The van der Waals surface area contributed by atoms with E-state index in [1.54, 1.807) is 24.3 Å². The highest BCUT2D eigenvalue weighted by molar-refractivity contribution is 5.90. The van der Waals surface area contributed by atoms with Crippen LogP contribution in [0.25, 0.3) is 0 Å². The van der Waals surface area contributed by atoms with Gasteiger partial charge in [-0.05, 0) is 12.0 Å². The van der Waals surface area contributed by atoms with E-state index in [0.717, 1.165) is 5.56 Å². The molecule has 2 amide bonds. The summed E-state index contributed by atoms with van der Waals surface area (Å²) in [6.45, 7) is 1.25. The second-order valence-electron chi connectivity index (χ2n) is 5.27. The van der Waals surface area contributed by atoms with Crippen molar-refractivity contribution in [3.05, 3.63) is 35.9 Å². The van der Waals surface area contributed by atoms with Crippen LogP contribution in [0, 0.1) is 0 Å². The van der Waals surface area contributed by atoms with Gasteiger partial charge in [-0.25, -0.2) is 4.79 Å². The van der Waals surface area contributed by atoms with Crippen molar-refractivity contribution in [2.75, 3.05) is 0 Å². The minimum Gasteiger partial charge on any atom is -0.481 e. The Kier molecular flexibility index (Phi) is 7.41. The minimum atomic E-state index is -1.33. The van der Waals surface area contributed by atoms with Crippen molar-refractivity contribution in [2.45, 2.75) is 38.3 Å². The lowest BCUT2D eigenvalue weighted by molar-refractivity contribution is -0.143. The molecule has 0 aliphatic heterocycles. The molecule has 1 rings (SSSR count). The van der Waals surface area contributed by atoms with Crippen molar-refractivity contribution >= 4 is 23.8 Å². The van der Waals surface area contributed by atoms with E-state index in [4.69, 9.17) is 10.2 Å². The first-order chi connectivity index (χ1) is 11.3. The molecule has 4 N–H and O–H groups in total. The molecule has 0 radical (unpaired) electrons. The van der Waals surface area contributed by atoms with Crippen LogP contribution < -0.4 is 10.6 Å². The van der Waals surface area contributed by atoms with Crippen molar-refractivity contribution < 1.29 is 29.4 Å². The van der Waals surface area contributed by atoms with Crippen molar-refractivity contribution in [1.82, 2.24) is 10.6 Å². The maximum Gasteiger partial charge on any atom is 0.326 e. The predicted molar refractivity (Wildman–Crippen MR) is 84.2 cm³/mol. The van der Waals surface area contributed by atoms with Crippen LogP contribution in [-0.2, 0) is 25.6 Å². The normalized spacial score (nSPS) is 12.7. The van der Waals surface area contributed by atoms with Crippen LogP contribution in [0.5, 0.6) is 0 Å². The van der Waals surface area contributed by atoms with Crippen LogP contribution in [0.2, 0.25) is 0 Å². The molecule has 0 aliphatic carbocycles. The minimum absolute atomic E-state index is 0.192. The number of hydrogen-bond acceptors (Lipinski definition) is 4. The summed E-state index contributed by atoms with van der Waals surface area (Å²) in [5, 5.41) is 22.5. The Morgan fingerprint density at radius 2 is 1.62 bits per heavy atom. The van der Waals surface area contributed by atoms with Crippen molar-refractivity contribution in [2.24, 2.45) is 0 Å². The number of carboxylic acids is 2. The molecule has 0 spiro atoms. The number of amides is 2. The van der Waals surface area contributed by atoms with Gasteiger partial charge in [-0.1, -0.05) is 30.3 Å². The first-order valence-electron chi connectivity index (χ1n) is 7.35. The molecule has 1 aromatic rings. The Hall–Kier alpha value is -2.90. The Balaban J connectivity index is 2.79. The summed E-state index contributed by atoms with van der Waals surface area (Å²) in [7, 11) is 0. The molecule has 0 aromatic heterocycles. The van der Waals surface area contributed by atoms with E-state index < -0.39 is 35.8 Å². The number of carbonyl (C=O) groups is 4. The SMILES string of the molecule is CC(=O)N[C@@H](Cc1ccccc1)C(=O)N[C@H](CCC(=O)O)C(=O)O. The molecular formula is C16H20N2O6. The van der Waals surface area contributed by atoms with Gasteiger partial charge in [0, 0.05) is 19.8 Å². The van der Waals surface area contributed by atoms with Crippen LogP contribution in [0.15, 0.2) is 30.3 Å². The van der Waals surface area contributed by atoms with Crippen molar-refractivity contribution in [3.8, 4) is 0 Å². The van der Waals surface area contributed by atoms with Crippen LogP contribution >= 0.6 is 0 Å². The highest BCUT2D eigenvalue weighted by atomic mass is 16.4. The third-order valence-corrected chi connectivity index (χ3v) is 3.24. The third-order valence-electron chi connectivity index (χ3n) is 3.24. The standard InChI is InChI=1S/C16H20N2O6/c1-10(19)17-13(9-11-5-3-2-4-6-11)15(22)18-12(16(23)24)7-8-14(20)21/h2-6,12-13H,7-9H2,1H3,(H,17,19)(H,18,22)(H,20,21)(H,23,24)/t12-,13+/m1/s1. The fraction of sp³-hybridized carbons (Fsp3) is 0.375. The molecule has 0 aliphatic rings. The number of carbonyl (C=O) groups excluding carboxylic acids is 2. The third kappa shape index (κ3) is 6.91. The maximum absolute atomic E-state index is 12.3. The van der Waals surface area contributed by atoms with E-state index in [0.29, 0.717) is 0 Å². The fourth-order valence-corrected chi connectivity index (χ4v) is 2.10. The summed E-state index contributed by atoms with van der Waals surface area (Å²) in [6.07, 6.45) is -0.438. The number of aliphatic carboxylic acids is 2. The van der Waals surface area contributed by atoms with Crippen LogP contribution in [0.1, 0.15) is 25.3 Å². The summed E-state index contributed by atoms with van der Waals surface area (Å²) >= 11 is 0. The van der Waals surface area contributed by atoms with Gasteiger partial charge in [0.15, 0.2) is 0 Å². The smallest absolute Gasteiger partial charge is 0.326 e. The van der Waals surface area contributed by atoms with Crippen LogP contribution in [-0.4, -0.2) is 46.0 Å². The molecule has 0 unspecified atom stereocenters. The molecule has 0 saturated carbocycles. The molecule has 2 atom stereocenters. The first-order valence-corrected chi connectivity index (χ1v) is 7.35. The molecule has 0 saturated heterocycles. The molecule has 130 valence electrons. The number of benzene rings is 1. The first kappa shape index (κ1) is 19.1. The highest BCUT2D eigenvalue weighted by Crippen LogP contribution is 2.05. The van der Waals surface area contributed by atoms with E-state index in [1.807, 2.05) is 6.07 Å². The molecule has 0 fully saturated rings. The molecule has 24 heavy (non-hydrogen) atoms. The van der Waals surface area contributed by atoms with Gasteiger partial charge >= 0.3 is 11.9 Å². The quantitative estimate of drug-likeness (QED) is 0.508. The van der Waals surface area contributed by atoms with Gasteiger partial charge in [-0.2, -0.15) is 0 Å². The Morgan fingerprint density at radius 1 is 1.00 bits per heavy atom. The summed E-state index contributed by atoms with van der Waals surface area (Å²) in [4.78, 5) is 45.3. The van der Waals surface area contributed by atoms with E-state index in [1.165, 1.54) is 6.92 Å². The second-order valence-corrected chi connectivity index (χ2v) is 5.27. The molecule has 0 bridgehead atoms. The summed E-state index contributed by atoms with van der Waals surface area (Å²) in [5.41, 5.74) is 0.795. The van der Waals surface area contributed by atoms with Gasteiger partial charge < -0.3 is 20.8 Å². The molecule has 8 heteroatoms. The zero-order valence-electron chi connectivity index (χ0n) is 13.2. The summed E-state index contributed by atoms with van der Waals surface area (Å²) < 4.78 is 0. The average Bonchev–Trinajstić information content (AvgIpc) is 2.50. The van der Waals surface area contributed by atoms with E-state index in [-0.39, 0.29) is 19.3 Å². The van der Waals surface area contributed by atoms with Gasteiger partial charge in [0.2, 0.25) is 11.8 Å². The number of nitrogens with one attached hydrogen (secondary N) is 2. The topological polar surface area (TPSA) is 133 Å². The lowest BCUT2D eigenvalue weighted by atomic mass is 10.0. The van der Waals surface area contributed by atoms with Crippen LogP contribution in [0.4, 0.5) is 0 Å². The number of hydrogen-bond donors (Lipinski definition) is 4. The number of rotatable bonds is 9. The zero-order chi connectivity index (χ0) is 18.1. The van der Waals surface area contributed by atoms with E-state index in [9.17, 15) is 19.2 Å². The van der Waals surface area contributed by atoms with Gasteiger partial charge in [0.1, 0.15) is 12.1 Å². The second kappa shape index (κ2) is 9.29. The molecule has 1 aromatic carbocycles. The number of carboxylic acid groups (broad SMARTS) is 2. The lowest BCUT2D eigenvalue weighted by Crippen LogP contribution is -2.52. The Morgan fingerprint density at radius 3 is 2.12 bits per heavy atom. The summed E-state index contributed by atoms with van der Waals surface area (Å²) in [6, 6.07) is 6.65. The highest BCUT2D eigenvalue weighted by Gasteiger charge is 2.26. The van der Waals surface area contributed by atoms with Gasteiger partial charge in [0.25, 0.3) is 0 Å². The Labute approximate surface area is 138 Å².